The van der Waals surface area contributed by atoms with E-state index < -0.39 is 24.0 Å². The van der Waals surface area contributed by atoms with Gasteiger partial charge in [-0.3, -0.25) is 4.79 Å². The molecule has 0 aliphatic heterocycles. The van der Waals surface area contributed by atoms with Crippen LogP contribution in [0.2, 0.25) is 0 Å². The molecule has 1 rings (SSSR count). The van der Waals surface area contributed by atoms with Crippen LogP contribution in [-0.4, -0.2) is 42.8 Å². The first kappa shape index (κ1) is 16.1. The number of hydrogen-bond acceptors (Lipinski definition) is 4. The van der Waals surface area contributed by atoms with E-state index in [0.717, 1.165) is 5.56 Å². The maximum absolute atomic E-state index is 11.8. The van der Waals surface area contributed by atoms with Crippen molar-refractivity contribution in [2.45, 2.75) is 24.9 Å². The lowest BCUT2D eigenvalue weighted by atomic mass is 10.1. The average molecular weight is 280 g/mol. The molecule has 1 aromatic carbocycles. The van der Waals surface area contributed by atoms with Gasteiger partial charge in [-0.05, 0) is 12.0 Å². The number of aliphatic carboxylic acids is 1. The smallest absolute Gasteiger partial charge is 0.326 e. The molecule has 0 aromatic heterocycles. The molecular weight excluding hydrogens is 260 g/mol. The topological polar surface area (TPSA) is 102 Å². The van der Waals surface area contributed by atoms with Gasteiger partial charge in [0.05, 0.1) is 6.04 Å². The van der Waals surface area contributed by atoms with E-state index in [4.69, 9.17) is 15.6 Å². The van der Waals surface area contributed by atoms with E-state index in [-0.39, 0.29) is 6.42 Å². The molecule has 4 N–H and O–H groups in total. The largest absolute Gasteiger partial charge is 0.480 e. The van der Waals surface area contributed by atoms with Crippen molar-refractivity contribution in [3.8, 4) is 0 Å². The predicted molar refractivity (Wildman–Crippen MR) is 74.2 cm³/mol. The molecule has 6 heteroatoms. The number of carbonyl (C=O) groups excluding carboxylic acids is 1. The lowest BCUT2D eigenvalue weighted by Gasteiger charge is -2.17. The van der Waals surface area contributed by atoms with Crippen LogP contribution in [0.3, 0.4) is 0 Å². The minimum Gasteiger partial charge on any atom is -0.480 e. The number of hydrogen-bond donors (Lipinski definition) is 3. The molecule has 0 saturated carbocycles. The third kappa shape index (κ3) is 5.38. The first-order chi connectivity index (χ1) is 9.54. The summed E-state index contributed by atoms with van der Waals surface area (Å²) in [5.41, 5.74) is 6.50. The van der Waals surface area contributed by atoms with Gasteiger partial charge >= 0.3 is 5.97 Å². The minimum atomic E-state index is -1.08. The summed E-state index contributed by atoms with van der Waals surface area (Å²) in [6.07, 6.45) is 0.568. The minimum absolute atomic E-state index is 0.221. The van der Waals surface area contributed by atoms with Crippen LogP contribution in [0, 0.1) is 0 Å². The van der Waals surface area contributed by atoms with E-state index in [0.29, 0.717) is 13.0 Å². The second kappa shape index (κ2) is 8.29. The molecule has 6 nitrogen and oxygen atoms in total. The molecule has 0 aliphatic rings. The van der Waals surface area contributed by atoms with Crippen LogP contribution in [0.4, 0.5) is 0 Å². The first-order valence-corrected chi connectivity index (χ1v) is 6.36. The molecule has 0 radical (unpaired) electrons. The van der Waals surface area contributed by atoms with Crippen molar-refractivity contribution in [2.75, 3.05) is 13.7 Å². The summed E-state index contributed by atoms with van der Waals surface area (Å²) in [4.78, 5) is 23.0. The SMILES string of the molecule is COCCC(N)C(=O)NC(Cc1ccccc1)C(=O)O. The Labute approximate surface area is 117 Å². The summed E-state index contributed by atoms with van der Waals surface area (Å²) in [6.45, 7) is 0.352. The van der Waals surface area contributed by atoms with Crippen LogP contribution in [0.25, 0.3) is 0 Å². The maximum atomic E-state index is 11.8. The number of ether oxygens (including phenoxy) is 1. The molecule has 0 heterocycles. The fourth-order valence-electron chi connectivity index (χ4n) is 1.70. The maximum Gasteiger partial charge on any atom is 0.326 e. The van der Waals surface area contributed by atoms with Gasteiger partial charge in [0, 0.05) is 20.1 Å². The molecule has 0 bridgehead atoms. The molecule has 0 saturated heterocycles. The van der Waals surface area contributed by atoms with Crippen molar-refractivity contribution in [1.29, 1.82) is 0 Å². The van der Waals surface area contributed by atoms with E-state index in [2.05, 4.69) is 5.32 Å². The third-order valence-electron chi connectivity index (χ3n) is 2.87. The molecule has 110 valence electrons. The molecule has 0 aliphatic carbocycles. The number of amides is 1. The molecule has 2 unspecified atom stereocenters. The highest BCUT2D eigenvalue weighted by Crippen LogP contribution is 2.04. The highest BCUT2D eigenvalue weighted by Gasteiger charge is 2.23. The zero-order valence-corrected chi connectivity index (χ0v) is 11.4. The van der Waals surface area contributed by atoms with Crippen molar-refractivity contribution in [1.82, 2.24) is 5.32 Å². The van der Waals surface area contributed by atoms with Gasteiger partial charge in [-0.1, -0.05) is 30.3 Å². The summed E-state index contributed by atoms with van der Waals surface area (Å²) in [7, 11) is 1.51. The zero-order valence-electron chi connectivity index (χ0n) is 11.4. The normalized spacial score (nSPS) is 13.5. The number of carboxylic acid groups (broad SMARTS) is 1. The molecule has 0 spiro atoms. The van der Waals surface area contributed by atoms with Crippen molar-refractivity contribution in [3.63, 3.8) is 0 Å². The third-order valence-corrected chi connectivity index (χ3v) is 2.87. The van der Waals surface area contributed by atoms with E-state index in [9.17, 15) is 9.59 Å². The van der Waals surface area contributed by atoms with Crippen LogP contribution in [0.15, 0.2) is 30.3 Å². The van der Waals surface area contributed by atoms with Gasteiger partial charge in [0.1, 0.15) is 6.04 Å². The Morgan fingerprint density at radius 2 is 2.00 bits per heavy atom. The second-order valence-corrected chi connectivity index (χ2v) is 4.48. The highest BCUT2D eigenvalue weighted by atomic mass is 16.5. The van der Waals surface area contributed by atoms with Crippen LogP contribution in [0.5, 0.6) is 0 Å². The van der Waals surface area contributed by atoms with Crippen LogP contribution in [-0.2, 0) is 20.7 Å². The van der Waals surface area contributed by atoms with E-state index in [1.165, 1.54) is 7.11 Å². The van der Waals surface area contributed by atoms with Crippen molar-refractivity contribution in [3.05, 3.63) is 35.9 Å². The standard InChI is InChI=1S/C14H20N2O4/c1-20-8-7-11(15)13(17)16-12(14(18)19)9-10-5-3-2-4-6-10/h2-6,11-12H,7-9,15H2,1H3,(H,16,17)(H,18,19). The Morgan fingerprint density at radius 3 is 2.55 bits per heavy atom. The quantitative estimate of drug-likeness (QED) is 0.629. The van der Waals surface area contributed by atoms with Gasteiger partial charge in [-0.2, -0.15) is 0 Å². The summed E-state index contributed by atoms with van der Waals surface area (Å²) < 4.78 is 4.83. The number of methoxy groups -OCH3 is 1. The van der Waals surface area contributed by atoms with Gasteiger partial charge in [0.25, 0.3) is 0 Å². The van der Waals surface area contributed by atoms with Crippen molar-refractivity contribution >= 4 is 11.9 Å². The molecule has 1 amide bonds. The number of nitrogens with two attached hydrogens (primary N) is 1. The van der Waals surface area contributed by atoms with Crippen LogP contribution in [0.1, 0.15) is 12.0 Å². The molecule has 1 aromatic rings. The second-order valence-electron chi connectivity index (χ2n) is 4.48. The first-order valence-electron chi connectivity index (χ1n) is 6.36. The number of carbonyl (C=O) groups is 2. The van der Waals surface area contributed by atoms with Crippen LogP contribution >= 0.6 is 0 Å². The summed E-state index contributed by atoms with van der Waals surface area (Å²) in [5.74, 6) is -1.56. The monoisotopic (exact) mass is 280 g/mol. The van der Waals surface area contributed by atoms with Gasteiger partial charge in [-0.15, -0.1) is 0 Å². The molecule has 20 heavy (non-hydrogen) atoms. The van der Waals surface area contributed by atoms with Gasteiger partial charge in [-0.25, -0.2) is 4.79 Å². The Bertz CT molecular complexity index is 436. The fraction of sp³-hybridized carbons (Fsp3) is 0.429. The molecular formula is C14H20N2O4. The van der Waals surface area contributed by atoms with Crippen molar-refractivity contribution in [2.24, 2.45) is 5.73 Å². The highest BCUT2D eigenvalue weighted by molar-refractivity contribution is 5.86. The van der Waals surface area contributed by atoms with Crippen molar-refractivity contribution < 1.29 is 19.4 Å². The molecule has 2 atom stereocenters. The van der Waals surface area contributed by atoms with E-state index in [1.54, 1.807) is 0 Å². The fourth-order valence-corrected chi connectivity index (χ4v) is 1.70. The Morgan fingerprint density at radius 1 is 1.35 bits per heavy atom. The zero-order chi connectivity index (χ0) is 15.0. The Kier molecular flexibility index (Phi) is 6.69. The summed E-state index contributed by atoms with van der Waals surface area (Å²) in [5, 5.41) is 11.6. The van der Waals surface area contributed by atoms with Crippen LogP contribution < -0.4 is 11.1 Å². The predicted octanol–water partition coefficient (Wildman–Crippen LogP) is 0.162. The Balaban J connectivity index is 2.59. The Hall–Kier alpha value is -1.92. The summed E-state index contributed by atoms with van der Waals surface area (Å²) in [6, 6.07) is 7.35. The average Bonchev–Trinajstić information content (AvgIpc) is 2.44. The van der Waals surface area contributed by atoms with E-state index in [1.807, 2.05) is 30.3 Å². The van der Waals surface area contributed by atoms with Gasteiger partial charge in [0.2, 0.25) is 5.91 Å². The molecule has 0 fully saturated rings. The van der Waals surface area contributed by atoms with Gasteiger partial charge in [0.15, 0.2) is 0 Å². The number of nitrogens with one attached hydrogen (secondary N) is 1. The number of benzene rings is 1. The summed E-state index contributed by atoms with van der Waals surface area (Å²) >= 11 is 0. The lowest BCUT2D eigenvalue weighted by Crippen LogP contribution is -2.49. The lowest BCUT2D eigenvalue weighted by molar-refractivity contribution is -0.142. The van der Waals surface area contributed by atoms with Gasteiger partial charge < -0.3 is 20.9 Å². The number of rotatable bonds is 8. The van der Waals surface area contributed by atoms with E-state index >= 15 is 0 Å². The number of carboxylic acids is 1.